The van der Waals surface area contributed by atoms with Crippen LogP contribution in [0.25, 0.3) is 0 Å². The maximum atomic E-state index is 12.7. The Labute approximate surface area is 149 Å². The average molecular weight is 341 g/mol. The number of aryl methyl sites for hydroxylation is 1. The first-order valence-corrected chi connectivity index (χ1v) is 8.99. The largest absolute Gasteiger partial charge is 0.363 e. The van der Waals surface area contributed by atoms with Gasteiger partial charge in [0.25, 0.3) is 0 Å². The summed E-state index contributed by atoms with van der Waals surface area (Å²) in [5.41, 5.74) is 1.27. The molecule has 0 saturated carbocycles. The number of amides is 1. The number of anilines is 1. The topological polar surface area (TPSA) is 54.3 Å². The van der Waals surface area contributed by atoms with Crippen LogP contribution < -0.4 is 4.90 Å². The summed E-state index contributed by atoms with van der Waals surface area (Å²) >= 11 is 0. The number of pyridine rings is 1. The molecule has 25 heavy (non-hydrogen) atoms. The number of carbonyl (C=O) groups excluding carboxylic acids is 1. The number of rotatable bonds is 5. The molecule has 0 spiro atoms. The molecule has 1 aliphatic rings. The average Bonchev–Trinajstić information content (AvgIpc) is 3.09. The summed E-state index contributed by atoms with van der Waals surface area (Å²) in [5, 5.41) is 0. The van der Waals surface area contributed by atoms with Gasteiger partial charge in [-0.05, 0) is 30.5 Å². The molecule has 6 heteroatoms. The predicted octanol–water partition coefficient (Wildman–Crippen LogP) is 2.31. The Morgan fingerprint density at radius 3 is 2.92 bits per heavy atom. The zero-order chi connectivity index (χ0) is 17.8. The summed E-state index contributed by atoms with van der Waals surface area (Å²) in [6.45, 7) is 4.07. The number of nitrogens with zero attached hydrogens (tertiary/aromatic N) is 5. The minimum absolute atomic E-state index is 0.180. The molecule has 1 amide bonds. The van der Waals surface area contributed by atoms with Gasteiger partial charge in [-0.15, -0.1) is 0 Å². The molecule has 0 bridgehead atoms. The maximum absolute atomic E-state index is 12.7. The fraction of sp³-hybridized carbons (Fsp3) is 0.526. The van der Waals surface area contributed by atoms with Gasteiger partial charge in [-0.1, -0.05) is 6.92 Å². The fourth-order valence-electron chi connectivity index (χ4n) is 3.45. The quantitative estimate of drug-likeness (QED) is 0.837. The highest BCUT2D eigenvalue weighted by Crippen LogP contribution is 2.28. The molecule has 6 nitrogen and oxygen atoms in total. The van der Waals surface area contributed by atoms with Gasteiger partial charge in [0.1, 0.15) is 18.2 Å². The van der Waals surface area contributed by atoms with E-state index in [4.69, 9.17) is 0 Å². The van der Waals surface area contributed by atoms with Crippen molar-refractivity contribution in [3.8, 4) is 0 Å². The molecule has 3 rings (SSSR count). The van der Waals surface area contributed by atoms with Crippen molar-refractivity contribution in [3.63, 3.8) is 0 Å². The molecular weight excluding hydrogens is 314 g/mol. The Morgan fingerprint density at radius 1 is 1.32 bits per heavy atom. The summed E-state index contributed by atoms with van der Waals surface area (Å²) in [5.74, 6) is 2.49. The van der Waals surface area contributed by atoms with E-state index in [-0.39, 0.29) is 5.91 Å². The summed E-state index contributed by atoms with van der Waals surface area (Å²) < 4.78 is 1.96. The fourth-order valence-corrected chi connectivity index (χ4v) is 3.45. The van der Waals surface area contributed by atoms with Crippen LogP contribution in [-0.2, 0) is 17.8 Å². The number of hydrogen-bond acceptors (Lipinski definition) is 4. The molecule has 0 aliphatic carbocycles. The molecule has 1 fully saturated rings. The van der Waals surface area contributed by atoms with E-state index in [1.807, 2.05) is 40.9 Å². The monoisotopic (exact) mass is 341 g/mol. The third-order valence-electron chi connectivity index (χ3n) is 4.90. The minimum atomic E-state index is 0.180. The van der Waals surface area contributed by atoms with E-state index in [1.54, 1.807) is 6.20 Å². The number of hydrogen-bond donors (Lipinski definition) is 0. The van der Waals surface area contributed by atoms with Crippen molar-refractivity contribution in [2.45, 2.75) is 38.6 Å². The lowest BCUT2D eigenvalue weighted by atomic mass is 9.91. The Balaban J connectivity index is 1.68. The number of aromatic nitrogens is 3. The van der Waals surface area contributed by atoms with Crippen molar-refractivity contribution < 1.29 is 4.79 Å². The molecule has 0 N–H and O–H groups in total. The van der Waals surface area contributed by atoms with Gasteiger partial charge in [0.15, 0.2) is 0 Å². The summed E-state index contributed by atoms with van der Waals surface area (Å²) in [6, 6.07) is 4.22. The summed E-state index contributed by atoms with van der Waals surface area (Å²) in [7, 11) is 4.00. The van der Waals surface area contributed by atoms with Crippen molar-refractivity contribution in [2.24, 2.45) is 0 Å². The van der Waals surface area contributed by atoms with Crippen LogP contribution in [-0.4, -0.2) is 52.5 Å². The van der Waals surface area contributed by atoms with E-state index in [2.05, 4.69) is 29.0 Å². The number of likely N-dealkylation sites (tertiary alicyclic amines) is 1. The van der Waals surface area contributed by atoms with Gasteiger partial charge >= 0.3 is 0 Å². The molecule has 2 aromatic rings. The van der Waals surface area contributed by atoms with E-state index in [0.717, 1.165) is 44.0 Å². The van der Waals surface area contributed by atoms with Crippen LogP contribution >= 0.6 is 0 Å². The molecule has 1 atom stereocenters. The highest BCUT2D eigenvalue weighted by atomic mass is 16.2. The molecule has 2 aromatic heterocycles. The van der Waals surface area contributed by atoms with Gasteiger partial charge in [-0.3, -0.25) is 4.79 Å². The number of imidazole rings is 1. The van der Waals surface area contributed by atoms with Crippen molar-refractivity contribution in [1.29, 1.82) is 0 Å². The molecular formula is C19H27N5O. The first-order chi connectivity index (χ1) is 12.1. The molecule has 1 saturated heterocycles. The third-order valence-corrected chi connectivity index (χ3v) is 4.90. The van der Waals surface area contributed by atoms with Gasteiger partial charge in [0, 0.05) is 58.1 Å². The van der Waals surface area contributed by atoms with Crippen molar-refractivity contribution in [3.05, 3.63) is 42.1 Å². The van der Waals surface area contributed by atoms with E-state index < -0.39 is 0 Å². The van der Waals surface area contributed by atoms with Crippen LogP contribution in [0, 0.1) is 0 Å². The van der Waals surface area contributed by atoms with Crippen LogP contribution in [0.5, 0.6) is 0 Å². The van der Waals surface area contributed by atoms with Crippen LogP contribution in [0.1, 0.15) is 37.1 Å². The predicted molar refractivity (Wildman–Crippen MR) is 98.7 cm³/mol. The standard InChI is InChI=1S/C19H27N5O/c1-4-17-21-9-11-23(17)14-19(25)24-10-5-6-16(13-24)15-7-8-20-18(12-15)22(2)3/h7-9,11-12,16H,4-6,10,13-14H2,1-3H3/t16-/m0/s1. The minimum Gasteiger partial charge on any atom is -0.363 e. The molecule has 134 valence electrons. The molecule has 0 radical (unpaired) electrons. The molecule has 0 unspecified atom stereocenters. The first kappa shape index (κ1) is 17.5. The van der Waals surface area contributed by atoms with Gasteiger partial charge in [0.2, 0.25) is 5.91 Å². The molecule has 1 aliphatic heterocycles. The Hall–Kier alpha value is -2.37. The van der Waals surface area contributed by atoms with E-state index >= 15 is 0 Å². The second-order valence-corrected chi connectivity index (χ2v) is 6.85. The number of piperidine rings is 1. The van der Waals surface area contributed by atoms with Crippen LogP contribution in [0.2, 0.25) is 0 Å². The third kappa shape index (κ3) is 4.00. The van der Waals surface area contributed by atoms with E-state index in [0.29, 0.717) is 12.5 Å². The van der Waals surface area contributed by atoms with E-state index in [9.17, 15) is 4.79 Å². The number of carbonyl (C=O) groups is 1. The SMILES string of the molecule is CCc1nccn1CC(=O)N1CCC[C@H](c2ccnc(N(C)C)c2)C1. The summed E-state index contributed by atoms with van der Waals surface area (Å²) in [6.07, 6.45) is 8.53. The highest BCUT2D eigenvalue weighted by Gasteiger charge is 2.25. The normalized spacial score (nSPS) is 17.6. The Morgan fingerprint density at radius 2 is 2.16 bits per heavy atom. The zero-order valence-corrected chi connectivity index (χ0v) is 15.4. The smallest absolute Gasteiger partial charge is 0.242 e. The second-order valence-electron chi connectivity index (χ2n) is 6.85. The Bertz CT molecular complexity index is 724. The molecule has 3 heterocycles. The lowest BCUT2D eigenvalue weighted by molar-refractivity contribution is -0.133. The lowest BCUT2D eigenvalue weighted by Gasteiger charge is -2.33. The Kier molecular flexibility index (Phi) is 5.36. The van der Waals surface area contributed by atoms with Crippen LogP contribution in [0.4, 0.5) is 5.82 Å². The molecule has 0 aromatic carbocycles. The van der Waals surface area contributed by atoms with E-state index in [1.165, 1.54) is 5.56 Å². The van der Waals surface area contributed by atoms with Gasteiger partial charge < -0.3 is 14.4 Å². The van der Waals surface area contributed by atoms with Crippen molar-refractivity contribution in [2.75, 3.05) is 32.1 Å². The lowest BCUT2D eigenvalue weighted by Crippen LogP contribution is -2.41. The maximum Gasteiger partial charge on any atom is 0.242 e. The van der Waals surface area contributed by atoms with Crippen LogP contribution in [0.15, 0.2) is 30.7 Å². The van der Waals surface area contributed by atoms with Gasteiger partial charge in [-0.25, -0.2) is 9.97 Å². The van der Waals surface area contributed by atoms with Crippen molar-refractivity contribution in [1.82, 2.24) is 19.4 Å². The van der Waals surface area contributed by atoms with Gasteiger partial charge in [0.05, 0.1) is 0 Å². The van der Waals surface area contributed by atoms with Gasteiger partial charge in [-0.2, -0.15) is 0 Å². The highest BCUT2D eigenvalue weighted by molar-refractivity contribution is 5.76. The zero-order valence-electron chi connectivity index (χ0n) is 15.4. The second kappa shape index (κ2) is 7.68. The summed E-state index contributed by atoms with van der Waals surface area (Å²) in [4.78, 5) is 25.5. The van der Waals surface area contributed by atoms with Crippen LogP contribution in [0.3, 0.4) is 0 Å². The van der Waals surface area contributed by atoms with Crippen molar-refractivity contribution >= 4 is 11.7 Å². The first-order valence-electron chi connectivity index (χ1n) is 8.99.